The fourth-order valence-corrected chi connectivity index (χ4v) is 1.50. The Hall–Kier alpha value is -1.30. The molecular formula is C10H13ClN2O3. The lowest BCUT2D eigenvalue weighted by Gasteiger charge is -2.15. The molecule has 16 heavy (non-hydrogen) atoms. The van der Waals surface area contributed by atoms with Crippen molar-refractivity contribution < 1.29 is 15.0 Å². The minimum atomic E-state index is -1.16. The molecule has 0 aliphatic carbocycles. The standard InChI is InChI=1S/C10H13ClN2O3/c11-5-1-2-6(7(12)3-5)9(14)4-8(13)10(15)16/h1-3,8-9,14H,4,12-13H2,(H,15,16)/t8-,9-/m0/s1. The Labute approximate surface area is 97.6 Å². The van der Waals surface area contributed by atoms with E-state index in [1.807, 2.05) is 0 Å². The molecule has 0 saturated heterocycles. The molecule has 1 aromatic rings. The van der Waals surface area contributed by atoms with Gasteiger partial charge in [0.25, 0.3) is 0 Å². The molecule has 0 aliphatic heterocycles. The first kappa shape index (κ1) is 12.8. The van der Waals surface area contributed by atoms with E-state index in [1.165, 1.54) is 6.07 Å². The molecule has 0 saturated carbocycles. The van der Waals surface area contributed by atoms with Crippen LogP contribution < -0.4 is 11.5 Å². The van der Waals surface area contributed by atoms with Crippen LogP contribution >= 0.6 is 11.6 Å². The van der Waals surface area contributed by atoms with E-state index in [0.717, 1.165) is 0 Å². The van der Waals surface area contributed by atoms with E-state index in [1.54, 1.807) is 12.1 Å². The molecule has 0 amide bonds. The van der Waals surface area contributed by atoms with Crippen molar-refractivity contribution in [2.75, 3.05) is 5.73 Å². The number of halogens is 1. The van der Waals surface area contributed by atoms with E-state index in [0.29, 0.717) is 16.3 Å². The van der Waals surface area contributed by atoms with Gasteiger partial charge in [0, 0.05) is 22.7 Å². The van der Waals surface area contributed by atoms with Gasteiger partial charge in [-0.2, -0.15) is 0 Å². The third-order valence-corrected chi connectivity index (χ3v) is 2.44. The number of rotatable bonds is 4. The van der Waals surface area contributed by atoms with Crippen LogP contribution in [-0.2, 0) is 4.79 Å². The van der Waals surface area contributed by atoms with Crippen molar-refractivity contribution in [2.24, 2.45) is 5.73 Å². The summed E-state index contributed by atoms with van der Waals surface area (Å²) >= 11 is 5.70. The van der Waals surface area contributed by atoms with Crippen LogP contribution in [-0.4, -0.2) is 22.2 Å². The number of aliphatic carboxylic acids is 1. The summed E-state index contributed by atoms with van der Waals surface area (Å²) in [6.07, 6.45) is -1.11. The van der Waals surface area contributed by atoms with Crippen LogP contribution in [0.2, 0.25) is 5.02 Å². The number of anilines is 1. The fraction of sp³-hybridized carbons (Fsp3) is 0.300. The van der Waals surface area contributed by atoms with Gasteiger partial charge < -0.3 is 21.7 Å². The van der Waals surface area contributed by atoms with Gasteiger partial charge in [0.2, 0.25) is 0 Å². The number of benzene rings is 1. The molecule has 0 radical (unpaired) electrons. The van der Waals surface area contributed by atoms with Crippen molar-refractivity contribution >= 4 is 23.3 Å². The summed E-state index contributed by atoms with van der Waals surface area (Å²) in [6.45, 7) is 0. The molecule has 0 bridgehead atoms. The SMILES string of the molecule is Nc1cc(Cl)ccc1[C@@H](O)C[C@H](N)C(=O)O. The summed E-state index contributed by atoms with van der Waals surface area (Å²) in [5.74, 6) is -1.16. The van der Waals surface area contributed by atoms with Gasteiger partial charge in [0.1, 0.15) is 6.04 Å². The quantitative estimate of drug-likeness (QED) is 0.585. The Morgan fingerprint density at radius 1 is 1.50 bits per heavy atom. The number of carbonyl (C=O) groups is 1. The maximum absolute atomic E-state index is 10.5. The Morgan fingerprint density at radius 2 is 2.12 bits per heavy atom. The third kappa shape index (κ3) is 3.10. The smallest absolute Gasteiger partial charge is 0.320 e. The number of nitrogens with two attached hydrogens (primary N) is 2. The maximum Gasteiger partial charge on any atom is 0.320 e. The Balaban J connectivity index is 2.80. The van der Waals surface area contributed by atoms with Crippen LogP contribution in [0.25, 0.3) is 0 Å². The third-order valence-electron chi connectivity index (χ3n) is 2.20. The molecule has 6 N–H and O–H groups in total. The molecule has 1 aromatic carbocycles. The van der Waals surface area contributed by atoms with Gasteiger partial charge >= 0.3 is 5.97 Å². The molecule has 0 unspecified atom stereocenters. The number of aliphatic hydroxyl groups excluding tert-OH is 1. The highest BCUT2D eigenvalue weighted by Crippen LogP contribution is 2.26. The maximum atomic E-state index is 10.5. The molecule has 1 rings (SSSR count). The van der Waals surface area contributed by atoms with E-state index in [4.69, 9.17) is 28.2 Å². The molecule has 0 heterocycles. The molecule has 5 nitrogen and oxygen atoms in total. The molecular weight excluding hydrogens is 232 g/mol. The van der Waals surface area contributed by atoms with Crippen molar-refractivity contribution in [3.63, 3.8) is 0 Å². The monoisotopic (exact) mass is 244 g/mol. The van der Waals surface area contributed by atoms with Crippen LogP contribution in [0.5, 0.6) is 0 Å². The van der Waals surface area contributed by atoms with Gasteiger partial charge in [-0.3, -0.25) is 4.79 Å². The minimum Gasteiger partial charge on any atom is -0.480 e. The van der Waals surface area contributed by atoms with Gasteiger partial charge in [-0.05, 0) is 12.1 Å². The second kappa shape index (κ2) is 5.16. The number of carboxylic acid groups (broad SMARTS) is 1. The van der Waals surface area contributed by atoms with Crippen LogP contribution in [0.15, 0.2) is 18.2 Å². The zero-order valence-electron chi connectivity index (χ0n) is 8.43. The summed E-state index contributed by atoms with van der Waals surface area (Å²) in [7, 11) is 0. The first-order valence-corrected chi connectivity index (χ1v) is 5.01. The molecule has 2 atom stereocenters. The van der Waals surface area contributed by atoms with Gasteiger partial charge in [-0.1, -0.05) is 17.7 Å². The van der Waals surface area contributed by atoms with E-state index < -0.39 is 18.1 Å². The second-order valence-electron chi connectivity index (χ2n) is 3.47. The summed E-state index contributed by atoms with van der Waals surface area (Å²) in [6, 6.07) is 3.50. The molecule has 0 fully saturated rings. The summed E-state index contributed by atoms with van der Waals surface area (Å²) in [5, 5.41) is 18.8. The highest BCUT2D eigenvalue weighted by atomic mass is 35.5. The van der Waals surface area contributed by atoms with Crippen LogP contribution in [0.1, 0.15) is 18.1 Å². The summed E-state index contributed by atoms with van der Waals surface area (Å²) in [4.78, 5) is 10.5. The average molecular weight is 245 g/mol. The first-order valence-electron chi connectivity index (χ1n) is 4.63. The summed E-state index contributed by atoms with van der Waals surface area (Å²) < 4.78 is 0. The van der Waals surface area contributed by atoms with Crippen molar-refractivity contribution in [2.45, 2.75) is 18.6 Å². The van der Waals surface area contributed by atoms with Crippen molar-refractivity contribution in [3.8, 4) is 0 Å². The lowest BCUT2D eigenvalue weighted by atomic mass is 10.0. The van der Waals surface area contributed by atoms with E-state index >= 15 is 0 Å². The largest absolute Gasteiger partial charge is 0.480 e. The number of carboxylic acids is 1. The summed E-state index contributed by atoms with van der Waals surface area (Å²) in [5.41, 5.74) is 11.7. The number of hydrogen-bond acceptors (Lipinski definition) is 4. The topological polar surface area (TPSA) is 110 Å². The van der Waals surface area contributed by atoms with Gasteiger partial charge in [-0.25, -0.2) is 0 Å². The zero-order chi connectivity index (χ0) is 12.3. The fourth-order valence-electron chi connectivity index (χ4n) is 1.32. The van der Waals surface area contributed by atoms with E-state index in [-0.39, 0.29) is 6.42 Å². The number of nitrogen functional groups attached to an aromatic ring is 1. The highest BCUT2D eigenvalue weighted by Gasteiger charge is 2.19. The first-order chi connectivity index (χ1) is 7.41. The van der Waals surface area contributed by atoms with Crippen LogP contribution in [0.4, 0.5) is 5.69 Å². The second-order valence-corrected chi connectivity index (χ2v) is 3.91. The predicted molar refractivity (Wildman–Crippen MR) is 61.1 cm³/mol. The Morgan fingerprint density at radius 3 is 2.62 bits per heavy atom. The van der Waals surface area contributed by atoms with Gasteiger partial charge in [0.15, 0.2) is 0 Å². The lowest BCUT2D eigenvalue weighted by molar-refractivity contribution is -0.139. The molecule has 0 aliphatic rings. The van der Waals surface area contributed by atoms with E-state index in [9.17, 15) is 9.90 Å². The molecule has 0 spiro atoms. The predicted octanol–water partition coefficient (Wildman–Crippen LogP) is 0.758. The van der Waals surface area contributed by atoms with E-state index in [2.05, 4.69) is 0 Å². The zero-order valence-corrected chi connectivity index (χ0v) is 9.19. The van der Waals surface area contributed by atoms with Crippen LogP contribution in [0.3, 0.4) is 0 Å². The Bertz CT molecular complexity index is 398. The van der Waals surface area contributed by atoms with Gasteiger partial charge in [0.05, 0.1) is 6.10 Å². The van der Waals surface area contributed by atoms with Gasteiger partial charge in [-0.15, -0.1) is 0 Å². The Kier molecular flexibility index (Phi) is 4.12. The highest BCUT2D eigenvalue weighted by molar-refractivity contribution is 6.30. The lowest BCUT2D eigenvalue weighted by Crippen LogP contribution is -2.32. The van der Waals surface area contributed by atoms with Crippen molar-refractivity contribution in [3.05, 3.63) is 28.8 Å². The average Bonchev–Trinajstić information content (AvgIpc) is 2.16. The van der Waals surface area contributed by atoms with Crippen molar-refractivity contribution in [1.82, 2.24) is 0 Å². The number of hydrogen-bond donors (Lipinski definition) is 4. The number of aliphatic hydroxyl groups is 1. The minimum absolute atomic E-state index is 0.0961. The van der Waals surface area contributed by atoms with Crippen LogP contribution in [0, 0.1) is 0 Å². The molecule has 88 valence electrons. The normalized spacial score (nSPS) is 14.4. The molecule has 0 aromatic heterocycles. The van der Waals surface area contributed by atoms with Crippen molar-refractivity contribution in [1.29, 1.82) is 0 Å². The molecule has 6 heteroatoms.